The second-order valence-corrected chi connectivity index (χ2v) is 4.09. The Hall–Kier alpha value is -0.840. The summed E-state index contributed by atoms with van der Waals surface area (Å²) in [6, 6.07) is 6.04. The molecule has 0 spiro atoms. The van der Waals surface area contributed by atoms with Crippen molar-refractivity contribution in [1.29, 1.82) is 0 Å². The van der Waals surface area contributed by atoms with Crippen molar-refractivity contribution < 1.29 is 5.21 Å². The van der Waals surface area contributed by atoms with Crippen LogP contribution in [-0.2, 0) is 13.6 Å². The Kier molecular flexibility index (Phi) is 2.58. The maximum atomic E-state index is 8.71. The summed E-state index contributed by atoms with van der Waals surface area (Å²) in [5.41, 5.74) is 4.41. The van der Waals surface area contributed by atoms with E-state index in [1.807, 2.05) is 29.9 Å². The van der Waals surface area contributed by atoms with Crippen molar-refractivity contribution in [3.05, 3.63) is 34.4 Å². The quantitative estimate of drug-likeness (QED) is 0.808. The fraction of sp³-hybridized carbons (Fsp3) is 0.200. The molecule has 4 heteroatoms. The molecule has 74 valence electrons. The molecule has 0 amide bonds. The van der Waals surface area contributed by atoms with Gasteiger partial charge in [0.15, 0.2) is 0 Å². The van der Waals surface area contributed by atoms with E-state index in [1.165, 1.54) is 5.39 Å². The first-order valence-corrected chi connectivity index (χ1v) is 5.12. The van der Waals surface area contributed by atoms with Crippen LogP contribution in [0.5, 0.6) is 0 Å². The third-order valence-corrected chi connectivity index (χ3v) is 2.94. The number of nitrogens with zero attached hydrogens (tertiary/aromatic N) is 1. The van der Waals surface area contributed by atoms with E-state index >= 15 is 0 Å². The highest BCUT2D eigenvalue weighted by atomic mass is 79.9. The van der Waals surface area contributed by atoms with Crippen LogP contribution in [0.25, 0.3) is 10.9 Å². The molecule has 0 saturated heterocycles. The highest BCUT2D eigenvalue weighted by Gasteiger charge is 2.07. The Balaban J connectivity index is 2.72. The second kappa shape index (κ2) is 3.73. The lowest BCUT2D eigenvalue weighted by molar-refractivity contribution is 0.161. The molecule has 0 unspecified atom stereocenters. The molecule has 14 heavy (non-hydrogen) atoms. The molecular formula is C10H11BrN2O. The van der Waals surface area contributed by atoms with Gasteiger partial charge in [-0.1, -0.05) is 18.2 Å². The van der Waals surface area contributed by atoms with E-state index in [0.717, 1.165) is 15.6 Å². The number of hydroxylamine groups is 1. The van der Waals surface area contributed by atoms with Crippen molar-refractivity contribution in [1.82, 2.24) is 10.0 Å². The van der Waals surface area contributed by atoms with Gasteiger partial charge in [-0.05, 0) is 21.5 Å². The van der Waals surface area contributed by atoms with E-state index < -0.39 is 0 Å². The fourth-order valence-electron chi connectivity index (χ4n) is 1.73. The molecule has 0 radical (unpaired) electrons. The third kappa shape index (κ3) is 1.45. The zero-order valence-corrected chi connectivity index (χ0v) is 9.37. The zero-order chi connectivity index (χ0) is 10.1. The molecule has 0 aliphatic carbocycles. The third-order valence-electron chi connectivity index (χ3n) is 2.31. The van der Waals surface area contributed by atoms with E-state index in [-0.39, 0.29) is 0 Å². The smallest absolute Gasteiger partial charge is 0.0535 e. The van der Waals surface area contributed by atoms with Crippen LogP contribution in [0.1, 0.15) is 5.56 Å². The average Bonchev–Trinajstić information content (AvgIpc) is 2.44. The first-order valence-electron chi connectivity index (χ1n) is 4.33. The van der Waals surface area contributed by atoms with Crippen molar-refractivity contribution >= 4 is 26.8 Å². The zero-order valence-electron chi connectivity index (χ0n) is 7.79. The summed E-state index contributed by atoms with van der Waals surface area (Å²) in [7, 11) is 1.99. The van der Waals surface area contributed by atoms with Crippen LogP contribution in [0.4, 0.5) is 0 Å². The van der Waals surface area contributed by atoms with Crippen molar-refractivity contribution in [2.24, 2.45) is 7.05 Å². The number of aromatic nitrogens is 1. The van der Waals surface area contributed by atoms with Gasteiger partial charge in [0.05, 0.1) is 5.52 Å². The van der Waals surface area contributed by atoms with Crippen molar-refractivity contribution in [2.45, 2.75) is 6.54 Å². The predicted octanol–water partition coefficient (Wildman–Crippen LogP) is 2.42. The summed E-state index contributed by atoms with van der Waals surface area (Å²) >= 11 is 3.50. The molecule has 1 aromatic carbocycles. The average molecular weight is 255 g/mol. The molecule has 2 N–H and O–H groups in total. The molecular weight excluding hydrogens is 244 g/mol. The monoisotopic (exact) mass is 254 g/mol. The number of hydrogen-bond donors (Lipinski definition) is 2. The minimum Gasteiger partial charge on any atom is -0.349 e. The van der Waals surface area contributed by atoms with Gasteiger partial charge < -0.3 is 9.77 Å². The highest BCUT2D eigenvalue weighted by molar-refractivity contribution is 9.10. The van der Waals surface area contributed by atoms with Gasteiger partial charge >= 0.3 is 0 Å². The van der Waals surface area contributed by atoms with Crippen LogP contribution in [0.2, 0.25) is 0 Å². The Morgan fingerprint density at radius 3 is 3.00 bits per heavy atom. The van der Waals surface area contributed by atoms with E-state index in [0.29, 0.717) is 6.54 Å². The first-order chi connectivity index (χ1) is 6.74. The number of nitrogens with one attached hydrogen (secondary N) is 1. The second-order valence-electron chi connectivity index (χ2n) is 3.24. The summed E-state index contributed by atoms with van der Waals surface area (Å²) < 4.78 is 3.13. The summed E-state index contributed by atoms with van der Waals surface area (Å²) in [4.78, 5) is 0. The van der Waals surface area contributed by atoms with Gasteiger partial charge in [-0.25, -0.2) is 5.48 Å². The lowest BCUT2D eigenvalue weighted by atomic mass is 10.1. The molecule has 0 fully saturated rings. The van der Waals surface area contributed by atoms with Crippen molar-refractivity contribution in [3.63, 3.8) is 0 Å². The van der Waals surface area contributed by atoms with Gasteiger partial charge in [0.2, 0.25) is 0 Å². The number of hydrogen-bond acceptors (Lipinski definition) is 2. The Labute approximate surface area is 90.4 Å². The number of halogens is 1. The minimum absolute atomic E-state index is 0.460. The molecule has 2 aromatic rings. The summed E-state index contributed by atoms with van der Waals surface area (Å²) in [5.74, 6) is 0. The van der Waals surface area contributed by atoms with Gasteiger partial charge in [0.1, 0.15) is 0 Å². The van der Waals surface area contributed by atoms with Crippen molar-refractivity contribution in [3.8, 4) is 0 Å². The lowest BCUT2D eigenvalue weighted by Gasteiger charge is -2.04. The predicted molar refractivity (Wildman–Crippen MR) is 59.2 cm³/mol. The maximum absolute atomic E-state index is 8.71. The van der Waals surface area contributed by atoms with Crippen LogP contribution in [0.3, 0.4) is 0 Å². The topological polar surface area (TPSA) is 37.2 Å². The van der Waals surface area contributed by atoms with E-state index in [2.05, 4.69) is 27.5 Å². The van der Waals surface area contributed by atoms with Crippen molar-refractivity contribution in [2.75, 3.05) is 0 Å². The molecule has 1 heterocycles. The molecule has 1 aromatic heterocycles. The molecule has 0 aliphatic rings. The van der Waals surface area contributed by atoms with Gasteiger partial charge in [-0.3, -0.25) is 0 Å². The van der Waals surface area contributed by atoms with Gasteiger partial charge in [-0.2, -0.15) is 0 Å². The number of para-hydroxylation sites is 1. The van der Waals surface area contributed by atoms with Gasteiger partial charge in [-0.15, -0.1) is 0 Å². The molecule has 2 rings (SSSR count). The Bertz CT molecular complexity index is 464. The SMILES string of the molecule is Cn1cc(Br)c2cccc(CNO)c21. The molecule has 0 aliphatic heterocycles. The van der Waals surface area contributed by atoms with E-state index in [1.54, 1.807) is 0 Å². The van der Waals surface area contributed by atoms with Gasteiger partial charge in [0.25, 0.3) is 0 Å². The highest BCUT2D eigenvalue weighted by Crippen LogP contribution is 2.27. The first kappa shape index (κ1) is 9.71. The standard InChI is InChI=1S/C10H11BrN2O/c1-13-6-9(11)8-4-2-3-7(5-12-14)10(8)13/h2-4,6,12,14H,5H2,1H3. The number of benzene rings is 1. The van der Waals surface area contributed by atoms with Crippen LogP contribution >= 0.6 is 15.9 Å². The van der Waals surface area contributed by atoms with E-state index in [9.17, 15) is 0 Å². The van der Waals surface area contributed by atoms with Crippen LogP contribution < -0.4 is 5.48 Å². The minimum atomic E-state index is 0.460. The maximum Gasteiger partial charge on any atom is 0.0535 e. The summed E-state index contributed by atoms with van der Waals surface area (Å²) in [6.07, 6.45) is 2.02. The summed E-state index contributed by atoms with van der Waals surface area (Å²) in [5, 5.41) is 9.87. The largest absolute Gasteiger partial charge is 0.349 e. The van der Waals surface area contributed by atoms with Crippen LogP contribution in [0.15, 0.2) is 28.9 Å². The van der Waals surface area contributed by atoms with Crippen LogP contribution in [-0.4, -0.2) is 9.77 Å². The molecule has 0 bridgehead atoms. The van der Waals surface area contributed by atoms with E-state index in [4.69, 9.17) is 5.21 Å². The number of rotatable bonds is 2. The van der Waals surface area contributed by atoms with Gasteiger partial charge in [0, 0.05) is 29.6 Å². The molecule has 3 nitrogen and oxygen atoms in total. The Morgan fingerprint density at radius 2 is 2.29 bits per heavy atom. The van der Waals surface area contributed by atoms with Crippen LogP contribution in [0, 0.1) is 0 Å². The Morgan fingerprint density at radius 1 is 1.50 bits per heavy atom. The molecule has 0 atom stereocenters. The lowest BCUT2D eigenvalue weighted by Crippen LogP contribution is -2.07. The normalized spacial score (nSPS) is 11.1. The number of fused-ring (bicyclic) bond motifs is 1. The summed E-state index contributed by atoms with van der Waals surface area (Å²) in [6.45, 7) is 0.460. The fourth-order valence-corrected chi connectivity index (χ4v) is 2.36. The number of aryl methyl sites for hydroxylation is 1. The molecule has 0 saturated carbocycles.